The fourth-order valence-electron chi connectivity index (χ4n) is 2.16. The van der Waals surface area contributed by atoms with Crippen molar-refractivity contribution in [2.45, 2.75) is 19.4 Å². The van der Waals surface area contributed by atoms with Crippen LogP contribution in [-0.4, -0.2) is 42.0 Å². The number of rotatable bonds is 6. The van der Waals surface area contributed by atoms with Crippen LogP contribution >= 0.6 is 0 Å². The second-order valence-corrected chi connectivity index (χ2v) is 5.25. The number of hydrogen-bond acceptors (Lipinski definition) is 4. The van der Waals surface area contributed by atoms with Crippen LogP contribution in [0.2, 0.25) is 0 Å². The number of aromatic nitrogens is 1. The number of hydrogen-bond donors (Lipinski definition) is 4. The molecular formula is C16H20N4O3. The van der Waals surface area contributed by atoms with Gasteiger partial charge in [0.05, 0.1) is 11.9 Å². The third kappa shape index (κ3) is 4.09. The fraction of sp³-hybridized carbons (Fsp3) is 0.312. The average Bonchev–Trinajstić information content (AvgIpc) is 2.53. The molecule has 0 saturated carbocycles. The molecule has 0 aliphatic heterocycles. The Kier molecular flexibility index (Phi) is 5.35. The molecule has 1 aromatic heterocycles. The maximum atomic E-state index is 12.1. The highest BCUT2D eigenvalue weighted by Crippen LogP contribution is 2.19. The molecule has 23 heavy (non-hydrogen) atoms. The van der Waals surface area contributed by atoms with E-state index in [1.54, 1.807) is 25.5 Å². The first-order valence-electron chi connectivity index (χ1n) is 7.33. The number of nitrogens with one attached hydrogen (secondary N) is 3. The summed E-state index contributed by atoms with van der Waals surface area (Å²) in [6.07, 6.45) is 2.32. The highest BCUT2D eigenvalue weighted by atomic mass is 16.3. The number of aliphatic imine (C=N–C) groups is 1. The minimum Gasteiger partial charge on any atom is -0.506 e. The summed E-state index contributed by atoms with van der Waals surface area (Å²) >= 11 is 0. The lowest BCUT2D eigenvalue weighted by Gasteiger charge is -2.12. The zero-order chi connectivity index (χ0) is 16.8. The molecule has 0 saturated heterocycles. The smallest absolute Gasteiger partial charge is 0.267 e. The Morgan fingerprint density at radius 2 is 2.26 bits per heavy atom. The van der Waals surface area contributed by atoms with Crippen LogP contribution in [0.1, 0.15) is 23.8 Å². The quantitative estimate of drug-likeness (QED) is 0.471. The second kappa shape index (κ2) is 7.44. The summed E-state index contributed by atoms with van der Waals surface area (Å²) in [5.41, 5.74) is 0.0769. The van der Waals surface area contributed by atoms with Crippen LogP contribution < -0.4 is 16.1 Å². The lowest BCUT2D eigenvalue weighted by molar-refractivity contribution is 0.0948. The Labute approximate surface area is 133 Å². The molecule has 122 valence electrons. The number of H-pyrrole nitrogens is 1. The maximum absolute atomic E-state index is 12.1. The molecule has 0 bridgehead atoms. The van der Waals surface area contributed by atoms with Gasteiger partial charge in [-0.25, -0.2) is 0 Å². The van der Waals surface area contributed by atoms with Crippen molar-refractivity contribution in [3.8, 4) is 5.75 Å². The van der Waals surface area contributed by atoms with Gasteiger partial charge in [0, 0.05) is 31.1 Å². The number of fused-ring (bicyclic) bond motifs is 1. The fourth-order valence-corrected chi connectivity index (χ4v) is 2.16. The highest BCUT2D eigenvalue weighted by Gasteiger charge is 2.11. The summed E-state index contributed by atoms with van der Waals surface area (Å²) in [5, 5.41) is 16.0. The van der Waals surface area contributed by atoms with E-state index >= 15 is 0 Å². The third-order valence-electron chi connectivity index (χ3n) is 3.44. The van der Waals surface area contributed by atoms with E-state index in [2.05, 4.69) is 20.6 Å². The van der Waals surface area contributed by atoms with Crippen LogP contribution in [0.3, 0.4) is 0 Å². The first kappa shape index (κ1) is 16.5. The summed E-state index contributed by atoms with van der Waals surface area (Å²) in [6, 6.07) is 6.04. The summed E-state index contributed by atoms with van der Waals surface area (Å²) in [6.45, 7) is 2.43. The van der Waals surface area contributed by atoms with Gasteiger partial charge < -0.3 is 20.7 Å². The number of aromatic amines is 1. The van der Waals surface area contributed by atoms with Gasteiger partial charge in [-0.05, 0) is 25.5 Å². The van der Waals surface area contributed by atoms with Gasteiger partial charge in [0.2, 0.25) is 0 Å². The standard InChI is InChI=1S/C16H20N4O3/c1-10(19-9-17-2)6-7-18-16(23)12-8-14(22)11-4-3-5-13(21)15(11)20-12/h3-5,8-10,21H,6-7H2,1-2H3,(H,17,19)(H,18,23)(H,20,22). The molecule has 7 nitrogen and oxygen atoms in total. The lowest BCUT2D eigenvalue weighted by Crippen LogP contribution is -2.32. The van der Waals surface area contributed by atoms with Crippen molar-refractivity contribution >= 4 is 23.1 Å². The number of nitrogens with zero attached hydrogens (tertiary/aromatic N) is 1. The minimum absolute atomic E-state index is 0.0640. The normalized spacial score (nSPS) is 12.4. The van der Waals surface area contributed by atoms with Gasteiger partial charge in [-0.15, -0.1) is 0 Å². The average molecular weight is 316 g/mol. The van der Waals surface area contributed by atoms with E-state index in [-0.39, 0.29) is 34.3 Å². The van der Waals surface area contributed by atoms with Gasteiger partial charge in [-0.2, -0.15) is 0 Å². The number of phenols is 1. The largest absolute Gasteiger partial charge is 0.506 e. The van der Waals surface area contributed by atoms with Gasteiger partial charge in [-0.1, -0.05) is 6.07 Å². The van der Waals surface area contributed by atoms with Crippen molar-refractivity contribution in [1.82, 2.24) is 15.6 Å². The SMILES string of the molecule is CN=CNC(C)CCNC(=O)c1cc(=O)c2cccc(O)c2[nH]1. The van der Waals surface area contributed by atoms with Gasteiger partial charge in [0.15, 0.2) is 5.43 Å². The number of pyridine rings is 1. The van der Waals surface area contributed by atoms with Crippen molar-refractivity contribution in [2.75, 3.05) is 13.6 Å². The Morgan fingerprint density at radius 3 is 3.00 bits per heavy atom. The molecule has 1 heterocycles. The Hall–Kier alpha value is -2.83. The lowest BCUT2D eigenvalue weighted by atomic mass is 10.1. The van der Waals surface area contributed by atoms with E-state index in [9.17, 15) is 14.7 Å². The van der Waals surface area contributed by atoms with E-state index in [0.29, 0.717) is 18.4 Å². The first-order valence-corrected chi connectivity index (χ1v) is 7.33. The number of para-hydroxylation sites is 1. The molecule has 4 N–H and O–H groups in total. The van der Waals surface area contributed by atoms with Crippen molar-refractivity contribution < 1.29 is 9.90 Å². The molecule has 0 aliphatic carbocycles. The molecule has 1 unspecified atom stereocenters. The van der Waals surface area contributed by atoms with Crippen LogP contribution in [-0.2, 0) is 0 Å². The molecule has 7 heteroatoms. The topological polar surface area (TPSA) is 107 Å². The van der Waals surface area contributed by atoms with Gasteiger partial charge in [0.1, 0.15) is 11.4 Å². The van der Waals surface area contributed by atoms with Crippen LogP contribution in [0.5, 0.6) is 5.75 Å². The first-order chi connectivity index (χ1) is 11.0. The summed E-state index contributed by atoms with van der Waals surface area (Å²) in [5.74, 6) is -0.450. The van der Waals surface area contributed by atoms with Crippen LogP contribution in [0.15, 0.2) is 34.1 Å². The molecular weight excluding hydrogens is 296 g/mol. The van der Waals surface area contributed by atoms with Crippen LogP contribution in [0.25, 0.3) is 10.9 Å². The summed E-state index contributed by atoms with van der Waals surface area (Å²) < 4.78 is 0. The maximum Gasteiger partial charge on any atom is 0.267 e. The van der Waals surface area contributed by atoms with Gasteiger partial charge in [-0.3, -0.25) is 14.6 Å². The monoisotopic (exact) mass is 316 g/mol. The molecule has 0 spiro atoms. The molecule has 2 aromatic rings. The van der Waals surface area contributed by atoms with E-state index in [4.69, 9.17) is 0 Å². The number of phenolic OH excluding ortho intramolecular Hbond substituents is 1. The molecule has 0 aliphatic rings. The molecule has 1 amide bonds. The zero-order valence-electron chi connectivity index (χ0n) is 13.1. The predicted octanol–water partition coefficient (Wildman–Crippen LogP) is 0.990. The van der Waals surface area contributed by atoms with Crippen molar-refractivity contribution in [1.29, 1.82) is 0 Å². The summed E-state index contributed by atoms with van der Waals surface area (Å²) in [7, 11) is 1.67. The Balaban J connectivity index is 2.07. The van der Waals surface area contributed by atoms with E-state index in [1.165, 1.54) is 12.1 Å². The zero-order valence-corrected chi connectivity index (χ0v) is 13.1. The van der Waals surface area contributed by atoms with Crippen LogP contribution in [0.4, 0.5) is 0 Å². The highest BCUT2D eigenvalue weighted by molar-refractivity contribution is 5.95. The van der Waals surface area contributed by atoms with Gasteiger partial charge >= 0.3 is 0 Å². The molecule has 1 aromatic carbocycles. The number of carbonyl (C=O) groups excluding carboxylic acids is 1. The molecule has 1 atom stereocenters. The number of benzene rings is 1. The van der Waals surface area contributed by atoms with E-state index in [1.807, 2.05) is 6.92 Å². The number of amides is 1. The van der Waals surface area contributed by atoms with Crippen LogP contribution in [0, 0.1) is 0 Å². The number of carbonyl (C=O) groups is 1. The third-order valence-corrected chi connectivity index (χ3v) is 3.44. The number of aromatic hydroxyl groups is 1. The van der Waals surface area contributed by atoms with Crippen molar-refractivity contribution in [3.63, 3.8) is 0 Å². The summed E-state index contributed by atoms with van der Waals surface area (Å²) in [4.78, 5) is 30.8. The molecule has 0 fully saturated rings. The predicted molar refractivity (Wildman–Crippen MR) is 90.2 cm³/mol. The Bertz CT molecular complexity index is 782. The van der Waals surface area contributed by atoms with Gasteiger partial charge in [0.25, 0.3) is 5.91 Å². The van der Waals surface area contributed by atoms with Crippen molar-refractivity contribution in [3.05, 3.63) is 40.2 Å². The van der Waals surface area contributed by atoms with Crippen molar-refractivity contribution in [2.24, 2.45) is 4.99 Å². The minimum atomic E-state index is -0.386. The molecule has 2 rings (SSSR count). The molecule has 0 radical (unpaired) electrons. The second-order valence-electron chi connectivity index (χ2n) is 5.25. The van der Waals surface area contributed by atoms with E-state index < -0.39 is 0 Å². The van der Waals surface area contributed by atoms with E-state index in [0.717, 1.165) is 0 Å². The Morgan fingerprint density at radius 1 is 1.48 bits per heavy atom.